The Kier molecular flexibility index (Phi) is 7.47. The zero-order valence-electron chi connectivity index (χ0n) is 14.5. The van der Waals surface area contributed by atoms with Gasteiger partial charge in [-0.1, -0.05) is 6.07 Å². The highest BCUT2D eigenvalue weighted by Gasteiger charge is 2.18. The van der Waals surface area contributed by atoms with Crippen LogP contribution >= 0.6 is 11.8 Å². The minimum atomic E-state index is -0.980. The van der Waals surface area contributed by atoms with Crippen LogP contribution in [0.2, 0.25) is 0 Å². The summed E-state index contributed by atoms with van der Waals surface area (Å²) in [5, 5.41) is 2.50. The van der Waals surface area contributed by atoms with Crippen LogP contribution in [0.3, 0.4) is 0 Å². The van der Waals surface area contributed by atoms with Gasteiger partial charge in [0.15, 0.2) is 6.10 Å². The standard InChI is InChI=1S/C19H20FNO4S/c1-3-24-16-7-9-17(10-8-16)26-12-18(22)25-13(2)19(23)21-15-6-4-5-14(20)11-15/h4-11,13H,3,12H2,1-2H3,(H,21,23)/t13-/m0/s1. The van der Waals surface area contributed by atoms with E-state index < -0.39 is 23.8 Å². The summed E-state index contributed by atoms with van der Waals surface area (Å²) >= 11 is 1.30. The van der Waals surface area contributed by atoms with Gasteiger partial charge in [-0.3, -0.25) is 9.59 Å². The van der Waals surface area contributed by atoms with E-state index in [2.05, 4.69) is 5.32 Å². The van der Waals surface area contributed by atoms with Crippen LogP contribution in [0.25, 0.3) is 0 Å². The van der Waals surface area contributed by atoms with Crippen molar-refractivity contribution in [2.45, 2.75) is 24.8 Å². The minimum absolute atomic E-state index is 0.0750. The van der Waals surface area contributed by atoms with Crippen molar-refractivity contribution in [1.82, 2.24) is 0 Å². The molecule has 0 aromatic heterocycles. The summed E-state index contributed by atoms with van der Waals surface area (Å²) in [4.78, 5) is 24.8. The highest BCUT2D eigenvalue weighted by atomic mass is 32.2. The summed E-state index contributed by atoms with van der Waals surface area (Å²) in [5.74, 6) is -0.645. The maximum Gasteiger partial charge on any atom is 0.317 e. The summed E-state index contributed by atoms with van der Waals surface area (Å²) in [6, 6.07) is 12.8. The van der Waals surface area contributed by atoms with Gasteiger partial charge in [0.2, 0.25) is 0 Å². The molecular formula is C19H20FNO4S. The Labute approximate surface area is 155 Å². The molecule has 0 radical (unpaired) electrons. The van der Waals surface area contributed by atoms with Crippen LogP contribution in [0.1, 0.15) is 13.8 Å². The number of amides is 1. The van der Waals surface area contributed by atoms with Crippen molar-refractivity contribution in [1.29, 1.82) is 0 Å². The van der Waals surface area contributed by atoms with Gasteiger partial charge in [-0.2, -0.15) is 0 Å². The molecule has 0 unspecified atom stereocenters. The number of carbonyl (C=O) groups is 2. The van der Waals surface area contributed by atoms with Crippen molar-refractivity contribution in [3.05, 3.63) is 54.3 Å². The molecule has 26 heavy (non-hydrogen) atoms. The molecule has 1 N–H and O–H groups in total. The van der Waals surface area contributed by atoms with Gasteiger partial charge in [-0.25, -0.2) is 4.39 Å². The number of ether oxygens (including phenoxy) is 2. The Morgan fingerprint density at radius 1 is 1.19 bits per heavy atom. The average Bonchev–Trinajstić information content (AvgIpc) is 2.61. The van der Waals surface area contributed by atoms with Crippen molar-refractivity contribution in [2.75, 3.05) is 17.7 Å². The third kappa shape index (κ3) is 6.40. The molecule has 0 saturated heterocycles. The topological polar surface area (TPSA) is 64.6 Å². The van der Waals surface area contributed by atoms with Crippen molar-refractivity contribution < 1.29 is 23.5 Å². The van der Waals surface area contributed by atoms with Crippen molar-refractivity contribution in [3.63, 3.8) is 0 Å². The van der Waals surface area contributed by atoms with Gasteiger partial charge < -0.3 is 14.8 Å². The lowest BCUT2D eigenvalue weighted by Crippen LogP contribution is -2.30. The summed E-state index contributed by atoms with van der Waals surface area (Å²) in [6.07, 6.45) is -0.980. The average molecular weight is 377 g/mol. The van der Waals surface area contributed by atoms with Gasteiger partial charge in [0.1, 0.15) is 11.6 Å². The molecule has 0 aliphatic rings. The second-order valence-corrected chi connectivity index (χ2v) is 6.37. The molecular weight excluding hydrogens is 357 g/mol. The van der Waals surface area contributed by atoms with E-state index >= 15 is 0 Å². The summed E-state index contributed by atoms with van der Waals surface area (Å²) < 4.78 is 23.6. The molecule has 0 spiro atoms. The van der Waals surface area contributed by atoms with Gasteiger partial charge in [-0.15, -0.1) is 11.8 Å². The van der Waals surface area contributed by atoms with E-state index in [-0.39, 0.29) is 5.75 Å². The fourth-order valence-electron chi connectivity index (χ4n) is 2.04. The molecule has 7 heteroatoms. The van der Waals surface area contributed by atoms with Crippen LogP contribution in [0.5, 0.6) is 5.75 Å². The number of carbonyl (C=O) groups excluding carboxylic acids is 2. The fraction of sp³-hybridized carbons (Fsp3) is 0.263. The normalized spacial score (nSPS) is 11.5. The van der Waals surface area contributed by atoms with Gasteiger partial charge in [0, 0.05) is 10.6 Å². The summed E-state index contributed by atoms with van der Waals surface area (Å²) in [5.41, 5.74) is 0.307. The molecule has 0 aliphatic heterocycles. The van der Waals surface area contributed by atoms with E-state index in [4.69, 9.17) is 9.47 Å². The Morgan fingerprint density at radius 2 is 1.92 bits per heavy atom. The molecule has 0 aliphatic carbocycles. The molecule has 138 valence electrons. The Balaban J connectivity index is 1.78. The van der Waals surface area contributed by atoms with Crippen molar-refractivity contribution >= 4 is 29.3 Å². The zero-order chi connectivity index (χ0) is 18.9. The first-order valence-corrected chi connectivity index (χ1v) is 9.08. The molecule has 0 fully saturated rings. The Hall–Kier alpha value is -2.54. The van der Waals surface area contributed by atoms with E-state index in [1.54, 1.807) is 6.07 Å². The first-order chi connectivity index (χ1) is 12.5. The van der Waals surface area contributed by atoms with E-state index in [1.807, 2.05) is 31.2 Å². The molecule has 1 atom stereocenters. The number of rotatable bonds is 8. The third-order valence-corrected chi connectivity index (χ3v) is 4.25. The second kappa shape index (κ2) is 9.82. The Bertz CT molecular complexity index is 751. The number of hydrogen-bond acceptors (Lipinski definition) is 5. The van der Waals surface area contributed by atoms with Gasteiger partial charge in [0.25, 0.3) is 5.91 Å². The number of nitrogens with one attached hydrogen (secondary N) is 1. The number of benzene rings is 2. The lowest BCUT2D eigenvalue weighted by atomic mass is 10.3. The summed E-state index contributed by atoms with van der Waals surface area (Å²) in [7, 11) is 0. The monoisotopic (exact) mass is 377 g/mol. The number of anilines is 1. The van der Waals surface area contributed by atoms with Crippen LogP contribution in [0.4, 0.5) is 10.1 Å². The second-order valence-electron chi connectivity index (χ2n) is 5.32. The van der Waals surface area contributed by atoms with Crippen LogP contribution < -0.4 is 10.1 Å². The molecule has 5 nitrogen and oxygen atoms in total. The smallest absolute Gasteiger partial charge is 0.317 e. The predicted molar refractivity (Wildman–Crippen MR) is 98.9 cm³/mol. The fourth-order valence-corrected chi connectivity index (χ4v) is 2.72. The lowest BCUT2D eigenvalue weighted by Gasteiger charge is -2.13. The molecule has 2 rings (SSSR count). The largest absolute Gasteiger partial charge is 0.494 e. The van der Waals surface area contributed by atoms with Gasteiger partial charge in [0.05, 0.1) is 12.4 Å². The first kappa shape index (κ1) is 19.8. The maximum absolute atomic E-state index is 13.1. The molecule has 1 amide bonds. The van der Waals surface area contributed by atoms with Crippen LogP contribution in [0.15, 0.2) is 53.4 Å². The number of esters is 1. The Morgan fingerprint density at radius 3 is 2.58 bits per heavy atom. The lowest BCUT2D eigenvalue weighted by molar-refractivity contribution is -0.150. The highest BCUT2D eigenvalue weighted by Crippen LogP contribution is 2.21. The molecule has 2 aromatic rings. The maximum atomic E-state index is 13.1. The highest BCUT2D eigenvalue weighted by molar-refractivity contribution is 8.00. The minimum Gasteiger partial charge on any atom is -0.494 e. The predicted octanol–water partition coefficient (Wildman–Crippen LogP) is 3.89. The number of halogens is 1. The first-order valence-electron chi connectivity index (χ1n) is 8.09. The van der Waals surface area contributed by atoms with E-state index in [0.717, 1.165) is 10.6 Å². The van der Waals surface area contributed by atoms with Crippen molar-refractivity contribution in [2.24, 2.45) is 0 Å². The number of thioether (sulfide) groups is 1. The zero-order valence-corrected chi connectivity index (χ0v) is 15.3. The van der Waals surface area contributed by atoms with Crippen molar-refractivity contribution in [3.8, 4) is 5.75 Å². The summed E-state index contributed by atoms with van der Waals surface area (Å²) in [6.45, 7) is 3.97. The molecule has 2 aromatic carbocycles. The van der Waals surface area contributed by atoms with E-state index in [1.165, 1.54) is 36.9 Å². The molecule has 0 heterocycles. The third-order valence-electron chi connectivity index (χ3n) is 3.26. The van der Waals surface area contributed by atoms with Gasteiger partial charge >= 0.3 is 5.97 Å². The molecule has 0 saturated carbocycles. The van der Waals surface area contributed by atoms with E-state index in [9.17, 15) is 14.0 Å². The quantitative estimate of drug-likeness (QED) is 0.559. The van der Waals surface area contributed by atoms with E-state index in [0.29, 0.717) is 12.3 Å². The molecule has 0 bridgehead atoms. The van der Waals surface area contributed by atoms with Crippen LogP contribution in [-0.4, -0.2) is 30.3 Å². The van der Waals surface area contributed by atoms with Gasteiger partial charge in [-0.05, 0) is 56.3 Å². The SMILES string of the molecule is CCOc1ccc(SCC(=O)O[C@@H](C)C(=O)Nc2cccc(F)c2)cc1. The van der Waals surface area contributed by atoms with Crippen LogP contribution in [-0.2, 0) is 14.3 Å². The van der Waals surface area contributed by atoms with Crippen LogP contribution in [0, 0.1) is 5.82 Å². The number of hydrogen-bond donors (Lipinski definition) is 1.